The van der Waals surface area contributed by atoms with Crippen LogP contribution in [0.2, 0.25) is 0 Å². The summed E-state index contributed by atoms with van der Waals surface area (Å²) in [5, 5.41) is 0. The summed E-state index contributed by atoms with van der Waals surface area (Å²) in [5.41, 5.74) is 5.62. The Hall–Kier alpha value is -0.610. The van der Waals surface area contributed by atoms with Gasteiger partial charge in [0.1, 0.15) is 5.54 Å². The summed E-state index contributed by atoms with van der Waals surface area (Å²) in [6, 6.07) is 0.488. The zero-order chi connectivity index (χ0) is 14.2. The Morgan fingerprint density at radius 2 is 2.00 bits per heavy atom. The Morgan fingerprint density at radius 3 is 2.53 bits per heavy atom. The van der Waals surface area contributed by atoms with E-state index in [-0.39, 0.29) is 5.97 Å². The first-order valence-corrected chi connectivity index (χ1v) is 7.49. The van der Waals surface area contributed by atoms with E-state index in [9.17, 15) is 4.79 Å². The maximum atomic E-state index is 12.1. The van der Waals surface area contributed by atoms with Crippen LogP contribution in [-0.4, -0.2) is 42.6 Å². The smallest absolute Gasteiger partial charge is 0.327 e. The van der Waals surface area contributed by atoms with Crippen LogP contribution in [0.3, 0.4) is 0 Å². The Bertz CT molecular complexity index is 343. The van der Waals surface area contributed by atoms with Crippen LogP contribution in [0.1, 0.15) is 40.0 Å². The largest absolute Gasteiger partial charge is 0.468 e. The highest BCUT2D eigenvalue weighted by Crippen LogP contribution is 2.40. The lowest BCUT2D eigenvalue weighted by atomic mass is 9.84. The van der Waals surface area contributed by atoms with Crippen molar-refractivity contribution < 1.29 is 9.53 Å². The Balaban J connectivity index is 2.10. The van der Waals surface area contributed by atoms with Crippen LogP contribution in [-0.2, 0) is 9.53 Å². The maximum Gasteiger partial charge on any atom is 0.327 e. The predicted octanol–water partition coefficient (Wildman–Crippen LogP) is 1.63. The molecule has 0 radical (unpaired) electrons. The van der Waals surface area contributed by atoms with Gasteiger partial charge in [-0.05, 0) is 43.9 Å². The quantitative estimate of drug-likeness (QED) is 0.787. The number of esters is 1. The summed E-state index contributed by atoms with van der Waals surface area (Å²) in [6.07, 6.45) is 3.37. The number of methoxy groups -OCH3 is 1. The topological polar surface area (TPSA) is 55.6 Å². The number of carbonyl (C=O) groups is 1. The second-order valence-corrected chi connectivity index (χ2v) is 6.79. The summed E-state index contributed by atoms with van der Waals surface area (Å²) < 4.78 is 4.96. The molecule has 0 amide bonds. The molecule has 19 heavy (non-hydrogen) atoms. The average Bonchev–Trinajstić information content (AvgIpc) is 3.18. The third-order valence-corrected chi connectivity index (χ3v) is 5.06. The van der Waals surface area contributed by atoms with E-state index in [4.69, 9.17) is 10.5 Å². The van der Waals surface area contributed by atoms with Gasteiger partial charge in [0.2, 0.25) is 0 Å². The molecule has 1 saturated heterocycles. The van der Waals surface area contributed by atoms with E-state index < -0.39 is 5.54 Å². The summed E-state index contributed by atoms with van der Waals surface area (Å²) in [6.45, 7) is 8.50. The first-order valence-electron chi connectivity index (χ1n) is 7.49. The molecular formula is C15H28N2O2. The summed E-state index contributed by atoms with van der Waals surface area (Å²) in [7, 11) is 1.44. The van der Waals surface area contributed by atoms with E-state index in [1.54, 1.807) is 0 Å². The minimum Gasteiger partial charge on any atom is -0.468 e. The molecule has 110 valence electrons. The Morgan fingerprint density at radius 1 is 1.37 bits per heavy atom. The number of ether oxygens (including phenoxy) is 1. The lowest BCUT2D eigenvalue weighted by molar-refractivity contribution is -0.149. The third-order valence-electron chi connectivity index (χ3n) is 5.06. The zero-order valence-electron chi connectivity index (χ0n) is 12.7. The molecule has 1 saturated carbocycles. The van der Waals surface area contributed by atoms with E-state index >= 15 is 0 Å². The Kier molecular flexibility index (Phi) is 4.21. The fraction of sp³-hybridized carbons (Fsp3) is 0.933. The van der Waals surface area contributed by atoms with Crippen LogP contribution in [0.5, 0.6) is 0 Å². The van der Waals surface area contributed by atoms with Gasteiger partial charge >= 0.3 is 5.97 Å². The lowest BCUT2D eigenvalue weighted by Crippen LogP contribution is -2.61. The number of hydrogen-bond acceptors (Lipinski definition) is 4. The van der Waals surface area contributed by atoms with Crippen LogP contribution >= 0.6 is 0 Å². The molecule has 1 aliphatic carbocycles. The van der Waals surface area contributed by atoms with Crippen molar-refractivity contribution in [1.29, 1.82) is 0 Å². The van der Waals surface area contributed by atoms with Gasteiger partial charge in [-0.3, -0.25) is 9.69 Å². The van der Waals surface area contributed by atoms with Gasteiger partial charge in [0.05, 0.1) is 7.11 Å². The van der Waals surface area contributed by atoms with Crippen molar-refractivity contribution in [3.63, 3.8) is 0 Å². The predicted molar refractivity (Wildman–Crippen MR) is 75.6 cm³/mol. The molecule has 0 spiro atoms. The Labute approximate surface area is 116 Å². The number of piperidine rings is 1. The molecule has 1 heterocycles. The van der Waals surface area contributed by atoms with Crippen molar-refractivity contribution >= 4 is 5.97 Å². The van der Waals surface area contributed by atoms with E-state index in [0.717, 1.165) is 19.4 Å². The highest BCUT2D eigenvalue weighted by atomic mass is 16.5. The summed E-state index contributed by atoms with van der Waals surface area (Å²) in [4.78, 5) is 14.5. The molecule has 1 aliphatic heterocycles. The van der Waals surface area contributed by atoms with Gasteiger partial charge in [-0.1, -0.05) is 13.8 Å². The molecule has 4 atom stereocenters. The fourth-order valence-corrected chi connectivity index (χ4v) is 3.53. The molecule has 4 nitrogen and oxygen atoms in total. The van der Waals surface area contributed by atoms with Gasteiger partial charge in [-0.15, -0.1) is 0 Å². The first kappa shape index (κ1) is 14.8. The van der Waals surface area contributed by atoms with Gasteiger partial charge in [-0.2, -0.15) is 0 Å². The molecule has 4 unspecified atom stereocenters. The molecule has 4 heteroatoms. The van der Waals surface area contributed by atoms with Crippen molar-refractivity contribution in [3.05, 3.63) is 0 Å². The summed E-state index contributed by atoms with van der Waals surface area (Å²) in [5.74, 6) is 1.39. The monoisotopic (exact) mass is 268 g/mol. The molecule has 0 aromatic rings. The molecule has 2 N–H and O–H groups in total. The normalized spacial score (nSPS) is 35.7. The number of nitrogens with two attached hydrogens (primary N) is 1. The van der Waals surface area contributed by atoms with E-state index in [1.165, 1.54) is 13.5 Å². The molecule has 0 aromatic carbocycles. The van der Waals surface area contributed by atoms with Crippen LogP contribution in [0, 0.1) is 17.8 Å². The standard InChI is InChI=1S/C15H28N2O2/c1-10-7-11(2)12(3)17(8-10)9-15(16,13-5-6-13)14(18)19-4/h10-13H,5-9,16H2,1-4H3. The van der Waals surface area contributed by atoms with Crippen LogP contribution in [0.25, 0.3) is 0 Å². The van der Waals surface area contributed by atoms with Crippen LogP contribution in [0.15, 0.2) is 0 Å². The second kappa shape index (κ2) is 5.41. The van der Waals surface area contributed by atoms with Crippen molar-refractivity contribution in [2.45, 2.75) is 51.6 Å². The number of nitrogens with zero attached hydrogens (tertiary/aromatic N) is 1. The summed E-state index contributed by atoms with van der Waals surface area (Å²) >= 11 is 0. The highest BCUT2D eigenvalue weighted by molar-refractivity contribution is 5.81. The lowest BCUT2D eigenvalue weighted by Gasteiger charge is -2.44. The molecule has 2 aliphatic rings. The van der Waals surface area contributed by atoms with Gasteiger partial charge < -0.3 is 10.5 Å². The average molecular weight is 268 g/mol. The first-order chi connectivity index (χ1) is 8.88. The number of carbonyl (C=O) groups excluding carboxylic acids is 1. The highest BCUT2D eigenvalue weighted by Gasteiger charge is 2.50. The van der Waals surface area contributed by atoms with Crippen LogP contribution in [0.4, 0.5) is 0 Å². The minimum atomic E-state index is -0.806. The van der Waals surface area contributed by atoms with Crippen molar-refractivity contribution in [2.24, 2.45) is 23.5 Å². The number of rotatable bonds is 4. The van der Waals surface area contributed by atoms with Gasteiger partial charge in [0.25, 0.3) is 0 Å². The SMILES string of the molecule is COC(=O)C(N)(CN1CC(C)CC(C)C1C)C1CC1. The second-order valence-electron chi connectivity index (χ2n) is 6.79. The van der Waals surface area contributed by atoms with E-state index in [2.05, 4.69) is 25.7 Å². The molecule has 2 rings (SSSR count). The van der Waals surface area contributed by atoms with Crippen molar-refractivity contribution in [2.75, 3.05) is 20.2 Å². The fourth-order valence-electron chi connectivity index (χ4n) is 3.53. The molecule has 2 fully saturated rings. The molecule has 0 aromatic heterocycles. The van der Waals surface area contributed by atoms with E-state index in [0.29, 0.717) is 30.3 Å². The van der Waals surface area contributed by atoms with Gasteiger partial charge in [0.15, 0.2) is 0 Å². The minimum absolute atomic E-state index is 0.243. The maximum absolute atomic E-state index is 12.1. The zero-order valence-corrected chi connectivity index (χ0v) is 12.7. The van der Waals surface area contributed by atoms with Crippen molar-refractivity contribution in [3.8, 4) is 0 Å². The third kappa shape index (κ3) is 2.95. The molecule has 0 bridgehead atoms. The van der Waals surface area contributed by atoms with Gasteiger partial charge in [-0.25, -0.2) is 0 Å². The van der Waals surface area contributed by atoms with Crippen molar-refractivity contribution in [1.82, 2.24) is 4.90 Å². The number of likely N-dealkylation sites (tertiary alicyclic amines) is 1. The molecular weight excluding hydrogens is 240 g/mol. The van der Waals surface area contributed by atoms with Crippen LogP contribution < -0.4 is 5.73 Å². The van der Waals surface area contributed by atoms with Gasteiger partial charge in [0, 0.05) is 19.1 Å². The van der Waals surface area contributed by atoms with E-state index in [1.807, 2.05) is 0 Å². The number of hydrogen-bond donors (Lipinski definition) is 1.